The molecule has 0 spiro atoms. The van der Waals surface area contributed by atoms with Crippen LogP contribution in [0.2, 0.25) is 0 Å². The van der Waals surface area contributed by atoms with Gasteiger partial charge in [-0.15, -0.1) is 0 Å². The van der Waals surface area contributed by atoms with Gasteiger partial charge in [-0.1, -0.05) is 43.2 Å². The Morgan fingerprint density at radius 1 is 1.17 bits per heavy atom. The lowest BCUT2D eigenvalue weighted by atomic mass is 10.1. The minimum absolute atomic E-state index is 0.782. The van der Waals surface area contributed by atoms with E-state index in [-0.39, 0.29) is 0 Å². The van der Waals surface area contributed by atoms with E-state index in [1.807, 2.05) is 6.92 Å². The molecule has 0 saturated carbocycles. The van der Waals surface area contributed by atoms with Gasteiger partial charge in [-0.2, -0.15) is 0 Å². The summed E-state index contributed by atoms with van der Waals surface area (Å²) in [4.78, 5) is 4.60. The molecule has 0 bridgehead atoms. The van der Waals surface area contributed by atoms with Crippen LogP contribution in [0.25, 0.3) is 11.3 Å². The zero-order valence-electron chi connectivity index (χ0n) is 11.4. The van der Waals surface area contributed by atoms with Crippen molar-refractivity contribution < 1.29 is 0 Å². The zero-order chi connectivity index (χ0) is 13.1. The molecule has 0 atom stereocenters. The summed E-state index contributed by atoms with van der Waals surface area (Å²) in [7, 11) is 0. The average molecular weight is 243 g/mol. The molecule has 0 aliphatic heterocycles. The fraction of sp³-hybridized carbons (Fsp3) is 0.400. The van der Waals surface area contributed by atoms with E-state index in [0.29, 0.717) is 0 Å². The molecule has 3 heteroatoms. The van der Waals surface area contributed by atoms with E-state index in [0.717, 1.165) is 42.3 Å². The molecule has 96 valence electrons. The summed E-state index contributed by atoms with van der Waals surface area (Å²) in [5.74, 6) is 1.78. The third-order valence-electron chi connectivity index (χ3n) is 3.26. The molecule has 2 aromatic rings. The molecule has 0 saturated heterocycles. The number of hydrogen-bond donors (Lipinski definition) is 1. The molecule has 0 aliphatic carbocycles. The highest BCUT2D eigenvalue weighted by Crippen LogP contribution is 2.26. The number of nitrogen functional groups attached to an aromatic ring is 1. The fourth-order valence-corrected chi connectivity index (χ4v) is 2.10. The van der Waals surface area contributed by atoms with Crippen LogP contribution >= 0.6 is 0 Å². The quantitative estimate of drug-likeness (QED) is 0.892. The number of benzene rings is 1. The number of anilines is 1. The van der Waals surface area contributed by atoms with E-state index in [1.165, 1.54) is 5.56 Å². The minimum atomic E-state index is 0.782. The van der Waals surface area contributed by atoms with Gasteiger partial charge in [-0.05, 0) is 20.3 Å². The first-order valence-electron chi connectivity index (χ1n) is 6.53. The summed E-state index contributed by atoms with van der Waals surface area (Å²) < 4.78 is 2.11. The highest BCUT2D eigenvalue weighted by Gasteiger charge is 2.12. The second-order valence-corrected chi connectivity index (χ2v) is 4.76. The van der Waals surface area contributed by atoms with Crippen molar-refractivity contribution in [1.29, 1.82) is 0 Å². The fourth-order valence-electron chi connectivity index (χ4n) is 2.10. The summed E-state index contributed by atoms with van der Waals surface area (Å²) in [6.07, 6.45) is 2.30. The molecule has 1 heterocycles. The van der Waals surface area contributed by atoms with Crippen molar-refractivity contribution >= 4 is 5.82 Å². The molecule has 0 amide bonds. The Bertz CT molecular complexity index is 523. The summed E-state index contributed by atoms with van der Waals surface area (Å²) >= 11 is 0. The third kappa shape index (κ3) is 2.40. The van der Waals surface area contributed by atoms with Crippen LogP contribution < -0.4 is 5.73 Å². The van der Waals surface area contributed by atoms with E-state index in [4.69, 9.17) is 5.73 Å². The van der Waals surface area contributed by atoms with Gasteiger partial charge in [0.05, 0.1) is 0 Å². The molecule has 1 aromatic carbocycles. The molecular weight excluding hydrogens is 222 g/mol. The highest BCUT2D eigenvalue weighted by atomic mass is 15.1. The van der Waals surface area contributed by atoms with Crippen LogP contribution in [-0.4, -0.2) is 9.55 Å². The lowest BCUT2D eigenvalue weighted by Crippen LogP contribution is -2.04. The number of aryl methyl sites for hydroxylation is 2. The second kappa shape index (κ2) is 5.25. The lowest BCUT2D eigenvalue weighted by molar-refractivity contribution is 0.622. The van der Waals surface area contributed by atoms with Crippen molar-refractivity contribution in [3.8, 4) is 11.3 Å². The van der Waals surface area contributed by atoms with Gasteiger partial charge in [-0.3, -0.25) is 0 Å². The standard InChI is InChI=1S/C15H21N3/c1-4-5-10-18-12(3)17-14(15(18)16)13-8-6-11(2)7-9-13/h6-9H,4-5,10,16H2,1-3H3. The second-order valence-electron chi connectivity index (χ2n) is 4.76. The van der Waals surface area contributed by atoms with Crippen LogP contribution in [0.15, 0.2) is 24.3 Å². The molecule has 2 rings (SSSR count). The van der Waals surface area contributed by atoms with Gasteiger partial charge in [0.1, 0.15) is 17.3 Å². The van der Waals surface area contributed by atoms with E-state index < -0.39 is 0 Å². The van der Waals surface area contributed by atoms with Crippen molar-refractivity contribution in [2.75, 3.05) is 5.73 Å². The van der Waals surface area contributed by atoms with Gasteiger partial charge < -0.3 is 10.3 Å². The van der Waals surface area contributed by atoms with Crippen molar-refractivity contribution in [2.24, 2.45) is 0 Å². The van der Waals surface area contributed by atoms with Crippen LogP contribution in [0.4, 0.5) is 5.82 Å². The Morgan fingerprint density at radius 3 is 2.44 bits per heavy atom. The first kappa shape index (κ1) is 12.7. The number of rotatable bonds is 4. The Morgan fingerprint density at radius 2 is 1.83 bits per heavy atom. The number of imidazole rings is 1. The summed E-state index contributed by atoms with van der Waals surface area (Å²) in [5, 5.41) is 0. The molecular formula is C15H21N3. The van der Waals surface area contributed by atoms with Gasteiger partial charge in [0, 0.05) is 12.1 Å². The normalized spacial score (nSPS) is 10.8. The molecule has 1 aromatic heterocycles. The largest absolute Gasteiger partial charge is 0.383 e. The van der Waals surface area contributed by atoms with Crippen LogP contribution in [0, 0.1) is 13.8 Å². The van der Waals surface area contributed by atoms with Crippen molar-refractivity contribution in [3.05, 3.63) is 35.7 Å². The van der Waals surface area contributed by atoms with Gasteiger partial charge in [0.15, 0.2) is 0 Å². The predicted octanol–water partition coefficient (Wildman–Crippen LogP) is 3.55. The first-order chi connectivity index (χ1) is 8.63. The Kier molecular flexibility index (Phi) is 3.70. The molecule has 3 nitrogen and oxygen atoms in total. The molecule has 0 unspecified atom stereocenters. The molecule has 0 radical (unpaired) electrons. The molecule has 0 fully saturated rings. The zero-order valence-corrected chi connectivity index (χ0v) is 11.4. The topological polar surface area (TPSA) is 43.8 Å². The van der Waals surface area contributed by atoms with Crippen LogP contribution in [0.5, 0.6) is 0 Å². The van der Waals surface area contributed by atoms with Gasteiger partial charge in [0.25, 0.3) is 0 Å². The Labute approximate surface area is 109 Å². The summed E-state index contributed by atoms with van der Waals surface area (Å²) in [6.45, 7) is 7.23. The van der Waals surface area contributed by atoms with Gasteiger partial charge in [0.2, 0.25) is 0 Å². The summed E-state index contributed by atoms with van der Waals surface area (Å²) in [5.41, 5.74) is 9.47. The van der Waals surface area contributed by atoms with Crippen LogP contribution in [0.3, 0.4) is 0 Å². The molecule has 18 heavy (non-hydrogen) atoms. The van der Waals surface area contributed by atoms with Crippen LogP contribution in [0.1, 0.15) is 31.2 Å². The number of nitrogens with zero attached hydrogens (tertiary/aromatic N) is 2. The van der Waals surface area contributed by atoms with Gasteiger partial charge in [-0.25, -0.2) is 4.98 Å². The number of nitrogens with two attached hydrogens (primary N) is 1. The maximum absolute atomic E-state index is 6.22. The molecule has 2 N–H and O–H groups in total. The maximum Gasteiger partial charge on any atom is 0.131 e. The SMILES string of the molecule is CCCCn1c(C)nc(-c2ccc(C)cc2)c1N. The van der Waals surface area contributed by atoms with Gasteiger partial charge >= 0.3 is 0 Å². The number of unbranched alkanes of at least 4 members (excludes halogenated alkanes) is 1. The average Bonchev–Trinajstić information content (AvgIpc) is 2.64. The van der Waals surface area contributed by atoms with Crippen molar-refractivity contribution in [2.45, 2.75) is 40.2 Å². The van der Waals surface area contributed by atoms with Crippen molar-refractivity contribution in [3.63, 3.8) is 0 Å². The maximum atomic E-state index is 6.22. The Balaban J connectivity index is 2.37. The van der Waals surface area contributed by atoms with E-state index in [1.54, 1.807) is 0 Å². The molecule has 0 aliphatic rings. The lowest BCUT2D eigenvalue weighted by Gasteiger charge is -2.06. The predicted molar refractivity (Wildman–Crippen MR) is 76.5 cm³/mol. The van der Waals surface area contributed by atoms with Crippen molar-refractivity contribution in [1.82, 2.24) is 9.55 Å². The smallest absolute Gasteiger partial charge is 0.131 e. The van der Waals surface area contributed by atoms with Crippen LogP contribution in [-0.2, 0) is 6.54 Å². The number of hydrogen-bond acceptors (Lipinski definition) is 2. The first-order valence-corrected chi connectivity index (χ1v) is 6.53. The van der Waals surface area contributed by atoms with E-state index in [2.05, 4.69) is 47.7 Å². The Hall–Kier alpha value is -1.77. The van der Waals surface area contributed by atoms with E-state index in [9.17, 15) is 0 Å². The van der Waals surface area contributed by atoms with E-state index >= 15 is 0 Å². The third-order valence-corrected chi connectivity index (χ3v) is 3.26. The monoisotopic (exact) mass is 243 g/mol. The highest BCUT2D eigenvalue weighted by molar-refractivity contribution is 5.71. The minimum Gasteiger partial charge on any atom is -0.383 e. The number of aromatic nitrogens is 2. The summed E-state index contributed by atoms with van der Waals surface area (Å²) in [6, 6.07) is 8.35.